The Morgan fingerprint density at radius 3 is 2.58 bits per heavy atom. The molecule has 3 nitrogen and oxygen atoms in total. The molecular weight excluding hydrogens is 320 g/mol. The maximum absolute atomic E-state index is 12.4. The number of hydrogen-bond donors (Lipinski definition) is 0. The van der Waals surface area contributed by atoms with Crippen LogP contribution in [0.5, 0.6) is 5.75 Å². The lowest BCUT2D eigenvalue weighted by Crippen LogP contribution is -2.17. The average Bonchev–Trinajstić information content (AvgIpc) is 3.27. The van der Waals surface area contributed by atoms with E-state index < -0.39 is 9.84 Å². The van der Waals surface area contributed by atoms with Crippen LogP contribution < -0.4 is 4.74 Å². The fraction of sp³-hybridized carbons (Fsp3) is 0.700. The summed E-state index contributed by atoms with van der Waals surface area (Å²) in [6.07, 6.45) is 4.21. The molecule has 1 aliphatic carbocycles. The lowest BCUT2D eigenvalue weighted by molar-refractivity contribution is 0.299. The molecule has 1 atom stereocenters. The Bertz CT molecular complexity index is 625. The van der Waals surface area contributed by atoms with Crippen molar-refractivity contribution in [2.75, 3.05) is 18.1 Å². The van der Waals surface area contributed by atoms with Gasteiger partial charge in [-0.05, 0) is 60.6 Å². The van der Waals surface area contributed by atoms with Crippen LogP contribution >= 0.6 is 0 Å². The zero-order chi connectivity index (χ0) is 17.8. The van der Waals surface area contributed by atoms with Crippen LogP contribution in [0.2, 0.25) is 0 Å². The summed E-state index contributed by atoms with van der Waals surface area (Å²) in [6.45, 7) is 9.21. The average molecular weight is 353 g/mol. The Kier molecular flexibility index (Phi) is 6.35. The number of benzene rings is 1. The summed E-state index contributed by atoms with van der Waals surface area (Å²) >= 11 is 0. The quantitative estimate of drug-likeness (QED) is 0.640. The van der Waals surface area contributed by atoms with Gasteiger partial charge in [0.2, 0.25) is 0 Å². The fourth-order valence-electron chi connectivity index (χ4n) is 2.79. The summed E-state index contributed by atoms with van der Waals surface area (Å²) in [6, 6.07) is 7.91. The lowest BCUT2D eigenvalue weighted by atomic mass is 9.91. The first kappa shape index (κ1) is 19.3. The van der Waals surface area contributed by atoms with E-state index in [1.807, 2.05) is 31.2 Å². The second-order valence-corrected chi connectivity index (χ2v) is 10.7. The molecule has 24 heavy (non-hydrogen) atoms. The molecule has 0 bridgehead atoms. The molecule has 1 aromatic carbocycles. The summed E-state index contributed by atoms with van der Waals surface area (Å²) in [7, 11) is -3.02. The van der Waals surface area contributed by atoms with Crippen molar-refractivity contribution in [1.82, 2.24) is 0 Å². The van der Waals surface area contributed by atoms with Crippen LogP contribution in [-0.4, -0.2) is 26.5 Å². The van der Waals surface area contributed by atoms with E-state index in [2.05, 4.69) is 20.8 Å². The summed E-state index contributed by atoms with van der Waals surface area (Å²) in [5.74, 6) is 2.06. The zero-order valence-electron chi connectivity index (χ0n) is 15.5. The Morgan fingerprint density at radius 2 is 1.96 bits per heavy atom. The first-order valence-electron chi connectivity index (χ1n) is 9.08. The Balaban J connectivity index is 1.87. The van der Waals surface area contributed by atoms with Crippen LogP contribution in [0.3, 0.4) is 0 Å². The topological polar surface area (TPSA) is 43.4 Å². The maximum atomic E-state index is 12.4. The SMILES string of the molecule is C[C@@H](CS(=O)(=O)CCCC(C)(C)C)c1cccc(OCC2CC2)c1. The van der Waals surface area contributed by atoms with Gasteiger partial charge in [0, 0.05) is 0 Å². The van der Waals surface area contributed by atoms with Gasteiger partial charge in [0.25, 0.3) is 0 Å². The van der Waals surface area contributed by atoms with E-state index in [4.69, 9.17) is 4.74 Å². The van der Waals surface area contributed by atoms with Crippen molar-refractivity contribution in [2.24, 2.45) is 11.3 Å². The van der Waals surface area contributed by atoms with Crippen LogP contribution in [0.1, 0.15) is 64.9 Å². The van der Waals surface area contributed by atoms with Crippen molar-refractivity contribution in [2.45, 2.75) is 59.3 Å². The van der Waals surface area contributed by atoms with Crippen molar-refractivity contribution >= 4 is 9.84 Å². The van der Waals surface area contributed by atoms with Gasteiger partial charge >= 0.3 is 0 Å². The first-order chi connectivity index (χ1) is 11.1. The van der Waals surface area contributed by atoms with E-state index >= 15 is 0 Å². The monoisotopic (exact) mass is 352 g/mol. The molecule has 0 spiro atoms. The molecule has 0 N–H and O–H groups in total. The Morgan fingerprint density at radius 1 is 1.25 bits per heavy atom. The van der Waals surface area contributed by atoms with E-state index in [1.54, 1.807) is 0 Å². The number of ether oxygens (including phenoxy) is 1. The van der Waals surface area contributed by atoms with Crippen molar-refractivity contribution < 1.29 is 13.2 Å². The maximum Gasteiger partial charge on any atom is 0.150 e. The van der Waals surface area contributed by atoms with Crippen molar-refractivity contribution in [3.8, 4) is 5.75 Å². The minimum Gasteiger partial charge on any atom is -0.493 e. The molecular formula is C20H32O3S. The summed E-state index contributed by atoms with van der Waals surface area (Å²) in [4.78, 5) is 0. The highest BCUT2D eigenvalue weighted by Gasteiger charge is 2.22. The molecule has 0 heterocycles. The lowest BCUT2D eigenvalue weighted by Gasteiger charge is -2.18. The van der Waals surface area contributed by atoms with Gasteiger partial charge in [-0.25, -0.2) is 8.42 Å². The van der Waals surface area contributed by atoms with Gasteiger partial charge in [0.1, 0.15) is 5.75 Å². The zero-order valence-corrected chi connectivity index (χ0v) is 16.4. The molecule has 1 saturated carbocycles. The van der Waals surface area contributed by atoms with Gasteiger partial charge in [0.15, 0.2) is 9.84 Å². The van der Waals surface area contributed by atoms with E-state index in [-0.39, 0.29) is 22.8 Å². The van der Waals surface area contributed by atoms with Gasteiger partial charge in [-0.2, -0.15) is 0 Å². The standard InChI is InChI=1S/C20H32O3S/c1-16(15-24(21,22)12-6-11-20(2,3)4)18-7-5-8-19(13-18)23-14-17-9-10-17/h5,7-8,13,16-17H,6,9-12,14-15H2,1-4H3/t16-/m0/s1. The molecule has 0 aliphatic heterocycles. The molecule has 0 saturated heterocycles. The molecule has 2 rings (SSSR count). The number of sulfone groups is 1. The third-order valence-electron chi connectivity index (χ3n) is 4.50. The van der Waals surface area contributed by atoms with Crippen molar-refractivity contribution in [1.29, 1.82) is 0 Å². The van der Waals surface area contributed by atoms with E-state index in [9.17, 15) is 8.42 Å². The molecule has 1 aromatic rings. The molecule has 1 fully saturated rings. The Labute approximate surface area is 147 Å². The second kappa shape index (κ2) is 7.90. The number of hydrogen-bond acceptors (Lipinski definition) is 3. The molecule has 1 aliphatic rings. The van der Waals surface area contributed by atoms with Gasteiger partial charge in [-0.3, -0.25) is 0 Å². The highest BCUT2D eigenvalue weighted by molar-refractivity contribution is 7.91. The molecule has 0 aromatic heterocycles. The number of rotatable bonds is 9. The fourth-order valence-corrected chi connectivity index (χ4v) is 4.50. The van der Waals surface area contributed by atoms with Crippen LogP contribution in [0.4, 0.5) is 0 Å². The summed E-state index contributed by atoms with van der Waals surface area (Å²) in [5, 5.41) is 0. The molecule has 0 amide bonds. The molecule has 0 unspecified atom stereocenters. The van der Waals surface area contributed by atoms with Crippen molar-refractivity contribution in [3.63, 3.8) is 0 Å². The molecule has 136 valence electrons. The van der Waals surface area contributed by atoms with Crippen LogP contribution in [0.25, 0.3) is 0 Å². The summed E-state index contributed by atoms with van der Waals surface area (Å²) < 4.78 is 30.6. The highest BCUT2D eigenvalue weighted by atomic mass is 32.2. The van der Waals surface area contributed by atoms with Gasteiger partial charge in [0.05, 0.1) is 18.1 Å². The minimum absolute atomic E-state index is 0.00545. The van der Waals surface area contributed by atoms with Gasteiger partial charge < -0.3 is 4.74 Å². The molecule has 0 radical (unpaired) electrons. The summed E-state index contributed by atoms with van der Waals surface area (Å²) in [5.41, 5.74) is 1.23. The predicted octanol–water partition coefficient (Wildman–Crippen LogP) is 4.82. The largest absolute Gasteiger partial charge is 0.493 e. The first-order valence-corrected chi connectivity index (χ1v) is 10.9. The third kappa shape index (κ3) is 7.25. The highest BCUT2D eigenvalue weighted by Crippen LogP contribution is 2.30. The van der Waals surface area contributed by atoms with E-state index in [0.717, 1.165) is 30.8 Å². The second-order valence-electron chi connectivity index (χ2n) is 8.51. The smallest absolute Gasteiger partial charge is 0.150 e. The Hall–Kier alpha value is -1.03. The predicted molar refractivity (Wildman–Crippen MR) is 100 cm³/mol. The van der Waals surface area contributed by atoms with E-state index in [0.29, 0.717) is 5.92 Å². The van der Waals surface area contributed by atoms with Gasteiger partial charge in [-0.1, -0.05) is 39.8 Å². The van der Waals surface area contributed by atoms with Crippen molar-refractivity contribution in [3.05, 3.63) is 29.8 Å². The van der Waals surface area contributed by atoms with Crippen LogP contribution in [0, 0.1) is 11.3 Å². The third-order valence-corrected chi connectivity index (χ3v) is 6.41. The minimum atomic E-state index is -3.02. The van der Waals surface area contributed by atoms with Crippen LogP contribution in [-0.2, 0) is 9.84 Å². The van der Waals surface area contributed by atoms with E-state index in [1.165, 1.54) is 12.8 Å². The van der Waals surface area contributed by atoms with Crippen LogP contribution in [0.15, 0.2) is 24.3 Å². The van der Waals surface area contributed by atoms with Gasteiger partial charge in [-0.15, -0.1) is 0 Å². The normalized spacial score (nSPS) is 16.8. The molecule has 4 heteroatoms.